The van der Waals surface area contributed by atoms with Crippen molar-refractivity contribution in [2.75, 3.05) is 13.1 Å². The van der Waals surface area contributed by atoms with Crippen molar-refractivity contribution in [1.82, 2.24) is 14.9 Å². The van der Waals surface area contributed by atoms with Gasteiger partial charge >= 0.3 is 12.6 Å². The van der Waals surface area contributed by atoms with Crippen molar-refractivity contribution >= 4 is 17.3 Å². The summed E-state index contributed by atoms with van der Waals surface area (Å²) in [6.07, 6.45) is 0.180. The standard InChI is InChI=1S/C23H29F4N3O3S/c1-22(2,3)14-9-23(20(31)32,7-6-17(24)25)13-30(11-14)12-15-10-29-19(34-15)16-5-4-8-28-18(16)33-21(26)27/h4-5,8,10,14,17,21H,6-7,9,11-13H2,1-3H3,(H,31,32)/t14-,23-/m1/s1. The second kappa shape index (κ2) is 10.6. The molecule has 0 bridgehead atoms. The Hall–Kier alpha value is -2.27. The van der Waals surface area contributed by atoms with Crippen molar-refractivity contribution in [2.45, 2.75) is 59.6 Å². The number of alkyl halides is 4. The van der Waals surface area contributed by atoms with Crippen LogP contribution in [0.4, 0.5) is 17.6 Å². The number of hydrogen-bond donors (Lipinski definition) is 1. The summed E-state index contributed by atoms with van der Waals surface area (Å²) in [4.78, 5) is 23.3. The molecule has 1 saturated heterocycles. The van der Waals surface area contributed by atoms with E-state index in [1.807, 2.05) is 25.7 Å². The average Bonchev–Trinajstić information content (AvgIpc) is 3.19. The molecule has 34 heavy (non-hydrogen) atoms. The van der Waals surface area contributed by atoms with E-state index in [1.54, 1.807) is 18.3 Å². The predicted molar refractivity (Wildman–Crippen MR) is 120 cm³/mol. The fraction of sp³-hybridized carbons (Fsp3) is 0.609. The lowest BCUT2D eigenvalue weighted by molar-refractivity contribution is -0.157. The van der Waals surface area contributed by atoms with Crippen LogP contribution in [-0.2, 0) is 11.3 Å². The van der Waals surface area contributed by atoms with Crippen LogP contribution in [0, 0.1) is 16.7 Å². The van der Waals surface area contributed by atoms with Crippen molar-refractivity contribution in [3.05, 3.63) is 29.4 Å². The molecule has 0 unspecified atom stereocenters. The molecule has 11 heteroatoms. The summed E-state index contributed by atoms with van der Waals surface area (Å²) in [5, 5.41) is 10.5. The molecule has 0 aliphatic carbocycles. The van der Waals surface area contributed by atoms with Crippen LogP contribution in [0.1, 0.15) is 44.9 Å². The highest BCUT2D eigenvalue weighted by molar-refractivity contribution is 7.15. The molecule has 2 aromatic rings. The number of hydrogen-bond acceptors (Lipinski definition) is 6. The molecule has 0 saturated carbocycles. The van der Waals surface area contributed by atoms with Gasteiger partial charge in [-0.2, -0.15) is 8.78 Å². The summed E-state index contributed by atoms with van der Waals surface area (Å²) in [6, 6.07) is 3.18. The molecule has 2 aromatic heterocycles. The third-order valence-electron chi connectivity index (χ3n) is 6.30. The first-order valence-electron chi connectivity index (χ1n) is 11.0. The van der Waals surface area contributed by atoms with Gasteiger partial charge in [0, 0.05) is 43.3 Å². The summed E-state index contributed by atoms with van der Waals surface area (Å²) in [5.74, 6) is -1.28. The minimum Gasteiger partial charge on any atom is -0.481 e. The first kappa shape index (κ1) is 26.3. The molecule has 188 valence electrons. The van der Waals surface area contributed by atoms with Crippen LogP contribution in [-0.4, -0.2) is 52.1 Å². The summed E-state index contributed by atoms with van der Waals surface area (Å²) < 4.78 is 56.0. The molecule has 0 amide bonds. The number of pyridine rings is 1. The van der Waals surface area contributed by atoms with Crippen LogP contribution in [0.5, 0.6) is 5.88 Å². The van der Waals surface area contributed by atoms with Crippen molar-refractivity contribution < 1.29 is 32.2 Å². The van der Waals surface area contributed by atoms with Gasteiger partial charge in [0.15, 0.2) is 0 Å². The van der Waals surface area contributed by atoms with E-state index in [0.29, 0.717) is 30.1 Å². The first-order valence-corrected chi connectivity index (χ1v) is 11.8. The molecule has 0 radical (unpaired) electrons. The van der Waals surface area contributed by atoms with E-state index in [9.17, 15) is 27.5 Å². The van der Waals surface area contributed by atoms with Crippen LogP contribution in [0.2, 0.25) is 0 Å². The van der Waals surface area contributed by atoms with E-state index in [2.05, 4.69) is 14.7 Å². The number of thiazole rings is 1. The smallest absolute Gasteiger partial charge is 0.388 e. The molecular formula is C23H29F4N3O3S. The maximum absolute atomic E-state index is 13.0. The van der Waals surface area contributed by atoms with Gasteiger partial charge < -0.3 is 9.84 Å². The highest BCUT2D eigenvalue weighted by Crippen LogP contribution is 2.45. The fourth-order valence-corrected chi connectivity index (χ4v) is 5.36. The first-order chi connectivity index (χ1) is 15.9. The van der Waals surface area contributed by atoms with Gasteiger partial charge in [0.1, 0.15) is 5.01 Å². The third-order valence-corrected chi connectivity index (χ3v) is 7.31. The van der Waals surface area contributed by atoms with Crippen LogP contribution in [0.3, 0.4) is 0 Å². The van der Waals surface area contributed by atoms with Gasteiger partial charge in [0.05, 0.1) is 11.0 Å². The van der Waals surface area contributed by atoms with Crippen molar-refractivity contribution in [2.24, 2.45) is 16.7 Å². The Morgan fingerprint density at radius 2 is 2.06 bits per heavy atom. The van der Waals surface area contributed by atoms with Crippen LogP contribution in [0.15, 0.2) is 24.5 Å². The number of nitrogens with zero attached hydrogens (tertiary/aromatic N) is 3. The summed E-state index contributed by atoms with van der Waals surface area (Å²) in [5.41, 5.74) is -1.13. The Bertz CT molecular complexity index is 982. The quantitative estimate of drug-likeness (QED) is 0.437. The minimum atomic E-state index is -3.02. The monoisotopic (exact) mass is 503 g/mol. The number of piperidine rings is 1. The summed E-state index contributed by atoms with van der Waals surface area (Å²) >= 11 is 1.27. The zero-order valence-corrected chi connectivity index (χ0v) is 20.1. The molecule has 0 aromatic carbocycles. The Morgan fingerprint density at radius 1 is 1.32 bits per heavy atom. The van der Waals surface area contributed by atoms with Gasteiger partial charge in [0.2, 0.25) is 12.3 Å². The maximum Gasteiger partial charge on any atom is 0.388 e. The van der Waals surface area contributed by atoms with Gasteiger partial charge in [-0.05, 0) is 36.3 Å². The molecule has 0 spiro atoms. The highest BCUT2D eigenvalue weighted by Gasteiger charge is 2.48. The molecular weight excluding hydrogens is 474 g/mol. The normalized spacial score (nSPS) is 21.9. The molecule has 2 atom stereocenters. The number of carbonyl (C=O) groups is 1. The van der Waals surface area contributed by atoms with Crippen molar-refractivity contribution in [3.63, 3.8) is 0 Å². The van der Waals surface area contributed by atoms with Gasteiger partial charge in [-0.3, -0.25) is 9.69 Å². The lowest BCUT2D eigenvalue weighted by Crippen LogP contribution is -2.53. The maximum atomic E-state index is 13.0. The fourth-order valence-electron chi connectivity index (χ4n) is 4.39. The predicted octanol–water partition coefficient (Wildman–Crippen LogP) is 5.79. The number of aliphatic carboxylic acids is 1. The Labute approximate surface area is 200 Å². The lowest BCUT2D eigenvalue weighted by Gasteiger charge is -2.48. The zero-order chi connectivity index (χ0) is 25.1. The van der Waals surface area contributed by atoms with Gasteiger partial charge in [-0.15, -0.1) is 11.3 Å². The molecule has 1 aliphatic rings. The van der Waals surface area contributed by atoms with Crippen LogP contribution < -0.4 is 4.74 Å². The van der Waals surface area contributed by atoms with Crippen molar-refractivity contribution in [1.29, 1.82) is 0 Å². The molecule has 1 aliphatic heterocycles. The van der Waals surface area contributed by atoms with Gasteiger partial charge in [-0.25, -0.2) is 18.7 Å². The molecule has 3 rings (SSSR count). The van der Waals surface area contributed by atoms with Gasteiger partial charge in [-0.1, -0.05) is 20.8 Å². The number of carboxylic acid groups (broad SMARTS) is 1. The Morgan fingerprint density at radius 3 is 2.68 bits per heavy atom. The number of rotatable bonds is 9. The van der Waals surface area contributed by atoms with E-state index < -0.39 is 30.8 Å². The highest BCUT2D eigenvalue weighted by atomic mass is 32.1. The Kier molecular flexibility index (Phi) is 8.18. The van der Waals surface area contributed by atoms with E-state index in [1.165, 1.54) is 17.5 Å². The SMILES string of the molecule is CC(C)(C)[C@H]1CN(Cc2cnc(-c3cccnc3OC(F)F)s2)C[C@](CCC(F)F)(C(=O)O)C1. The molecule has 3 heterocycles. The number of likely N-dealkylation sites (tertiary alicyclic amines) is 1. The van der Waals surface area contributed by atoms with E-state index >= 15 is 0 Å². The van der Waals surface area contributed by atoms with E-state index in [-0.39, 0.29) is 30.2 Å². The summed E-state index contributed by atoms with van der Waals surface area (Å²) in [7, 11) is 0. The molecule has 6 nitrogen and oxygen atoms in total. The second-order valence-electron chi connectivity index (χ2n) is 9.82. The van der Waals surface area contributed by atoms with Gasteiger partial charge in [0.25, 0.3) is 0 Å². The number of halogens is 4. The topological polar surface area (TPSA) is 75.5 Å². The molecule has 1 N–H and O–H groups in total. The third kappa shape index (κ3) is 6.44. The summed E-state index contributed by atoms with van der Waals surface area (Å²) in [6.45, 7) is 4.21. The van der Waals surface area contributed by atoms with Crippen LogP contribution in [0.25, 0.3) is 10.6 Å². The van der Waals surface area contributed by atoms with E-state index in [0.717, 1.165) is 4.88 Å². The second-order valence-corrected chi connectivity index (χ2v) is 10.9. The average molecular weight is 504 g/mol. The number of aromatic nitrogens is 2. The number of ether oxygens (including phenoxy) is 1. The lowest BCUT2D eigenvalue weighted by atomic mass is 9.65. The Balaban J connectivity index is 1.84. The van der Waals surface area contributed by atoms with Crippen molar-refractivity contribution in [3.8, 4) is 16.5 Å². The largest absolute Gasteiger partial charge is 0.481 e. The van der Waals surface area contributed by atoms with Crippen LogP contribution >= 0.6 is 11.3 Å². The molecule has 1 fully saturated rings. The zero-order valence-electron chi connectivity index (χ0n) is 19.3. The minimum absolute atomic E-state index is 0.00761. The number of carboxylic acids is 1. The van der Waals surface area contributed by atoms with E-state index in [4.69, 9.17) is 0 Å².